The Balaban J connectivity index is 1.97. The van der Waals surface area contributed by atoms with Gasteiger partial charge >= 0.3 is 12.4 Å². The van der Waals surface area contributed by atoms with Gasteiger partial charge in [0.1, 0.15) is 11.5 Å². The monoisotopic (exact) mass is 465 g/mol. The topological polar surface area (TPSA) is 71.2 Å². The minimum absolute atomic E-state index is 0.0274. The van der Waals surface area contributed by atoms with E-state index < -0.39 is 34.9 Å². The predicted molar refractivity (Wildman–Crippen MR) is 106 cm³/mol. The van der Waals surface area contributed by atoms with Crippen LogP contribution in [0.1, 0.15) is 11.1 Å². The van der Waals surface area contributed by atoms with Crippen LogP contribution in [0, 0.1) is 0 Å². The predicted octanol–water partition coefficient (Wildman–Crippen LogP) is 6.05. The van der Waals surface area contributed by atoms with Crippen molar-refractivity contribution >= 4 is 0 Å². The average Bonchev–Trinajstić information content (AvgIpc) is 3.17. The van der Waals surface area contributed by atoms with E-state index in [9.17, 15) is 36.6 Å². The van der Waals surface area contributed by atoms with Gasteiger partial charge in [-0.1, -0.05) is 24.3 Å². The lowest BCUT2D eigenvalue weighted by atomic mass is 10.1. The standard InChI is InChI=1S/C22H13F6N3O2/c23-21(24,25)12-9-10-13(18(33)11-12)19-29-20(14-5-1-4-8-17(14)32)31(30-19)16-7-3-2-6-15(16)22(26,27)28/h1-11,32-33H. The SMILES string of the molecule is Oc1cc(C(F)(F)F)ccc1-c1nc(-c2ccccc2O)n(-c2ccccc2C(F)(F)F)n1. The van der Waals surface area contributed by atoms with Crippen LogP contribution in [0.25, 0.3) is 28.5 Å². The summed E-state index contributed by atoms with van der Waals surface area (Å²) in [6.45, 7) is 0. The minimum atomic E-state index is -4.75. The Morgan fingerprint density at radius 2 is 1.36 bits per heavy atom. The Labute approximate surface area is 182 Å². The molecule has 0 fully saturated rings. The van der Waals surface area contributed by atoms with Gasteiger partial charge in [-0.25, -0.2) is 9.67 Å². The Hall–Kier alpha value is -4.02. The van der Waals surface area contributed by atoms with E-state index >= 15 is 0 Å². The van der Waals surface area contributed by atoms with Gasteiger partial charge in [0.05, 0.1) is 27.9 Å². The van der Waals surface area contributed by atoms with Gasteiger partial charge in [-0.2, -0.15) is 26.3 Å². The molecular weight excluding hydrogens is 452 g/mol. The molecule has 0 aliphatic carbocycles. The van der Waals surface area contributed by atoms with Gasteiger partial charge in [0.15, 0.2) is 11.6 Å². The summed E-state index contributed by atoms with van der Waals surface area (Å²) in [7, 11) is 0. The summed E-state index contributed by atoms with van der Waals surface area (Å²) in [5.41, 5.74) is -2.79. The lowest BCUT2D eigenvalue weighted by Crippen LogP contribution is -2.12. The van der Waals surface area contributed by atoms with Crippen LogP contribution in [-0.4, -0.2) is 25.0 Å². The molecule has 0 spiro atoms. The largest absolute Gasteiger partial charge is 0.507 e. The van der Waals surface area contributed by atoms with Gasteiger partial charge in [0.2, 0.25) is 0 Å². The first-order valence-electron chi connectivity index (χ1n) is 9.29. The molecule has 0 amide bonds. The van der Waals surface area contributed by atoms with Crippen LogP contribution >= 0.6 is 0 Å². The van der Waals surface area contributed by atoms with Crippen molar-refractivity contribution in [3.63, 3.8) is 0 Å². The number of aromatic nitrogens is 3. The van der Waals surface area contributed by atoms with Gasteiger partial charge in [0, 0.05) is 0 Å². The molecule has 0 saturated carbocycles. The highest BCUT2D eigenvalue weighted by molar-refractivity contribution is 5.71. The number of hydrogen-bond acceptors (Lipinski definition) is 4. The molecule has 4 aromatic rings. The van der Waals surface area contributed by atoms with E-state index in [1.165, 1.54) is 36.4 Å². The molecule has 1 heterocycles. The van der Waals surface area contributed by atoms with Gasteiger partial charge in [0.25, 0.3) is 0 Å². The molecule has 3 aromatic carbocycles. The summed E-state index contributed by atoms with van der Waals surface area (Å²) in [6.07, 6.45) is -9.47. The number of nitrogens with zero attached hydrogens (tertiary/aromatic N) is 3. The average molecular weight is 465 g/mol. The maximum atomic E-state index is 13.6. The summed E-state index contributed by atoms with van der Waals surface area (Å²) in [5.74, 6) is -1.66. The number of phenolic OH excluding ortho intramolecular Hbond substituents is 2. The molecule has 33 heavy (non-hydrogen) atoms. The zero-order valence-electron chi connectivity index (χ0n) is 16.4. The van der Waals surface area contributed by atoms with Crippen LogP contribution in [0.5, 0.6) is 11.5 Å². The van der Waals surface area contributed by atoms with Crippen molar-refractivity contribution in [1.29, 1.82) is 0 Å². The second-order valence-electron chi connectivity index (χ2n) is 6.93. The van der Waals surface area contributed by atoms with Crippen LogP contribution < -0.4 is 0 Å². The van der Waals surface area contributed by atoms with E-state index in [0.717, 1.165) is 22.9 Å². The molecule has 1 aromatic heterocycles. The van der Waals surface area contributed by atoms with E-state index in [0.29, 0.717) is 12.1 Å². The van der Waals surface area contributed by atoms with E-state index in [1.54, 1.807) is 0 Å². The highest BCUT2D eigenvalue weighted by Gasteiger charge is 2.35. The second kappa shape index (κ2) is 7.84. The molecule has 0 atom stereocenters. The molecule has 11 heteroatoms. The summed E-state index contributed by atoms with van der Waals surface area (Å²) in [6, 6.07) is 12.3. The first-order chi connectivity index (χ1) is 15.5. The molecular formula is C22H13F6N3O2. The Kier molecular flexibility index (Phi) is 5.27. The van der Waals surface area contributed by atoms with Gasteiger partial charge < -0.3 is 10.2 Å². The van der Waals surface area contributed by atoms with Crippen LogP contribution in [0.4, 0.5) is 26.3 Å². The third kappa shape index (κ3) is 4.21. The van der Waals surface area contributed by atoms with E-state index in [-0.39, 0.29) is 28.5 Å². The summed E-state index contributed by atoms with van der Waals surface area (Å²) in [5, 5.41) is 24.5. The molecule has 4 rings (SSSR count). The highest BCUT2D eigenvalue weighted by Crippen LogP contribution is 2.39. The quantitative estimate of drug-likeness (QED) is 0.362. The van der Waals surface area contributed by atoms with Crippen molar-refractivity contribution in [1.82, 2.24) is 14.8 Å². The lowest BCUT2D eigenvalue weighted by molar-refractivity contribution is -0.138. The van der Waals surface area contributed by atoms with Crippen molar-refractivity contribution in [2.75, 3.05) is 0 Å². The van der Waals surface area contributed by atoms with E-state index in [4.69, 9.17) is 0 Å². The maximum absolute atomic E-state index is 13.6. The summed E-state index contributed by atoms with van der Waals surface area (Å²) < 4.78 is 80.5. The number of para-hydroxylation sites is 2. The third-order valence-corrected chi connectivity index (χ3v) is 4.76. The first kappa shape index (κ1) is 22.2. The van der Waals surface area contributed by atoms with E-state index in [2.05, 4.69) is 10.1 Å². The smallest absolute Gasteiger partial charge is 0.418 e. The molecule has 5 nitrogen and oxygen atoms in total. The van der Waals surface area contributed by atoms with Crippen molar-refractivity contribution in [3.05, 3.63) is 77.9 Å². The van der Waals surface area contributed by atoms with Crippen LogP contribution in [0.3, 0.4) is 0 Å². The van der Waals surface area contributed by atoms with Gasteiger partial charge in [-0.3, -0.25) is 0 Å². The normalized spacial score (nSPS) is 12.2. The fraction of sp³-hybridized carbons (Fsp3) is 0.0909. The van der Waals surface area contributed by atoms with Crippen molar-refractivity contribution in [3.8, 4) is 40.0 Å². The van der Waals surface area contributed by atoms with E-state index in [1.807, 2.05) is 0 Å². The number of rotatable bonds is 3. The Morgan fingerprint density at radius 1 is 0.697 bits per heavy atom. The van der Waals surface area contributed by atoms with Crippen molar-refractivity contribution in [2.45, 2.75) is 12.4 Å². The van der Waals surface area contributed by atoms with Crippen molar-refractivity contribution < 1.29 is 36.6 Å². The number of halogens is 6. The highest BCUT2D eigenvalue weighted by atomic mass is 19.4. The zero-order chi connectivity index (χ0) is 24.0. The van der Waals surface area contributed by atoms with Crippen LogP contribution in [0.2, 0.25) is 0 Å². The summed E-state index contributed by atoms with van der Waals surface area (Å²) in [4.78, 5) is 4.15. The molecule has 0 aliphatic heterocycles. The third-order valence-electron chi connectivity index (χ3n) is 4.76. The Morgan fingerprint density at radius 3 is 2.00 bits per heavy atom. The fourth-order valence-electron chi connectivity index (χ4n) is 3.23. The molecule has 2 N–H and O–H groups in total. The van der Waals surface area contributed by atoms with Crippen molar-refractivity contribution in [2.24, 2.45) is 0 Å². The minimum Gasteiger partial charge on any atom is -0.507 e. The molecule has 0 aliphatic rings. The van der Waals surface area contributed by atoms with Crippen LogP contribution in [-0.2, 0) is 12.4 Å². The summed E-state index contributed by atoms with van der Waals surface area (Å²) >= 11 is 0. The number of alkyl halides is 6. The molecule has 0 bridgehead atoms. The van der Waals surface area contributed by atoms with Crippen LogP contribution in [0.15, 0.2) is 66.7 Å². The zero-order valence-corrected chi connectivity index (χ0v) is 16.4. The number of hydrogen-bond donors (Lipinski definition) is 2. The lowest BCUT2D eigenvalue weighted by Gasteiger charge is -2.14. The number of aromatic hydroxyl groups is 2. The molecule has 0 unspecified atom stereocenters. The Bertz CT molecular complexity index is 1330. The molecule has 0 radical (unpaired) electrons. The van der Waals surface area contributed by atoms with Gasteiger partial charge in [-0.15, -0.1) is 5.10 Å². The van der Waals surface area contributed by atoms with Gasteiger partial charge in [-0.05, 0) is 42.5 Å². The number of phenols is 2. The maximum Gasteiger partial charge on any atom is 0.418 e. The fourth-order valence-corrected chi connectivity index (χ4v) is 3.23. The molecule has 170 valence electrons. The number of benzene rings is 3. The second-order valence-corrected chi connectivity index (χ2v) is 6.93. The first-order valence-corrected chi connectivity index (χ1v) is 9.29. The molecule has 0 saturated heterocycles.